The molecule has 0 saturated heterocycles. The zero-order chi connectivity index (χ0) is 26.6. The number of unbranched alkanes of at least 4 members (excludes halogenated alkanes) is 2. The minimum atomic E-state index is -0.988. The molecule has 1 unspecified atom stereocenters. The SMILES string of the molecule is CCCCN(CCCC)c1ccc(C2(c3ccc(N(C)C)cc3)OC(=O)c3cc(N(C)C)ccc32)cc1. The number of cyclic esters (lactones) is 1. The van der Waals surface area contributed by atoms with E-state index in [4.69, 9.17) is 4.74 Å². The molecule has 1 heterocycles. The highest BCUT2D eigenvalue weighted by atomic mass is 16.6. The minimum Gasteiger partial charge on any atom is -0.441 e. The summed E-state index contributed by atoms with van der Waals surface area (Å²) in [5, 5.41) is 0. The lowest BCUT2D eigenvalue weighted by Crippen LogP contribution is -2.30. The standard InChI is InChI=1S/C32H41N3O2/c1-7-9-21-35(22-10-8-2)27-17-13-25(14-18-27)32(24-11-15-26(16-12-24)33(3)4)30-20-19-28(34(5)6)23-29(30)31(36)37-32/h11-20,23H,7-10,21-22H2,1-6H3. The first kappa shape index (κ1) is 26.6. The van der Waals surface area contributed by atoms with E-state index in [-0.39, 0.29) is 5.97 Å². The van der Waals surface area contributed by atoms with Crippen LogP contribution in [0.25, 0.3) is 0 Å². The van der Waals surface area contributed by atoms with E-state index in [1.165, 1.54) is 31.4 Å². The summed E-state index contributed by atoms with van der Waals surface area (Å²) in [6.45, 7) is 6.58. The number of nitrogens with zero attached hydrogens (tertiary/aromatic N) is 3. The van der Waals surface area contributed by atoms with Gasteiger partial charge in [-0.1, -0.05) is 57.0 Å². The largest absolute Gasteiger partial charge is 0.441 e. The average Bonchev–Trinajstić information content (AvgIpc) is 3.21. The van der Waals surface area contributed by atoms with Crippen molar-refractivity contribution in [3.63, 3.8) is 0 Å². The Bertz CT molecular complexity index is 1190. The summed E-state index contributed by atoms with van der Waals surface area (Å²) >= 11 is 0. The Labute approximate surface area is 222 Å². The molecule has 0 aromatic heterocycles. The van der Waals surface area contributed by atoms with E-state index in [1.807, 2.05) is 39.2 Å². The Morgan fingerprint density at radius 1 is 0.676 bits per heavy atom. The zero-order valence-electron chi connectivity index (χ0n) is 23.3. The van der Waals surface area contributed by atoms with Crippen molar-refractivity contribution in [2.24, 2.45) is 0 Å². The molecule has 1 aliphatic heterocycles. The second-order valence-electron chi connectivity index (χ2n) is 10.4. The predicted molar refractivity (Wildman–Crippen MR) is 155 cm³/mol. The molecular weight excluding hydrogens is 458 g/mol. The third kappa shape index (κ3) is 5.18. The first-order valence-electron chi connectivity index (χ1n) is 13.5. The summed E-state index contributed by atoms with van der Waals surface area (Å²) in [6, 6.07) is 23.1. The van der Waals surface area contributed by atoms with E-state index < -0.39 is 5.60 Å². The fraction of sp³-hybridized carbons (Fsp3) is 0.406. The van der Waals surface area contributed by atoms with Crippen LogP contribution in [0.1, 0.15) is 66.6 Å². The average molecular weight is 500 g/mol. The van der Waals surface area contributed by atoms with Crippen LogP contribution in [-0.4, -0.2) is 47.2 Å². The summed E-state index contributed by atoms with van der Waals surface area (Å²) in [5.41, 5.74) is 5.74. The monoisotopic (exact) mass is 499 g/mol. The van der Waals surface area contributed by atoms with Crippen molar-refractivity contribution in [1.82, 2.24) is 0 Å². The maximum atomic E-state index is 13.3. The molecule has 5 heteroatoms. The third-order valence-corrected chi connectivity index (χ3v) is 7.36. The molecule has 0 N–H and O–H groups in total. The first-order chi connectivity index (χ1) is 17.8. The van der Waals surface area contributed by atoms with Crippen molar-refractivity contribution in [2.45, 2.75) is 45.1 Å². The van der Waals surface area contributed by atoms with Gasteiger partial charge in [-0.2, -0.15) is 0 Å². The summed E-state index contributed by atoms with van der Waals surface area (Å²) < 4.78 is 6.37. The number of ether oxygens (including phenoxy) is 1. The third-order valence-electron chi connectivity index (χ3n) is 7.36. The molecule has 0 radical (unpaired) electrons. The van der Waals surface area contributed by atoms with Crippen LogP contribution in [0.3, 0.4) is 0 Å². The van der Waals surface area contributed by atoms with Gasteiger partial charge in [0.15, 0.2) is 5.60 Å². The number of fused-ring (bicyclic) bond motifs is 1. The number of hydrogen-bond acceptors (Lipinski definition) is 5. The van der Waals surface area contributed by atoms with Gasteiger partial charge in [0.25, 0.3) is 0 Å². The quantitative estimate of drug-likeness (QED) is 0.275. The number of anilines is 3. The van der Waals surface area contributed by atoms with Gasteiger partial charge >= 0.3 is 5.97 Å². The number of rotatable bonds is 11. The second-order valence-corrected chi connectivity index (χ2v) is 10.4. The van der Waals surface area contributed by atoms with Crippen LogP contribution in [0.2, 0.25) is 0 Å². The van der Waals surface area contributed by atoms with Gasteiger partial charge in [0, 0.05) is 75.0 Å². The molecule has 4 rings (SSSR count). The van der Waals surface area contributed by atoms with Gasteiger partial charge in [-0.15, -0.1) is 0 Å². The van der Waals surface area contributed by atoms with Gasteiger partial charge in [0.05, 0.1) is 5.56 Å². The summed E-state index contributed by atoms with van der Waals surface area (Å²) in [6.07, 6.45) is 4.70. The minimum absolute atomic E-state index is 0.285. The normalized spacial score (nSPS) is 16.3. The first-order valence-corrected chi connectivity index (χ1v) is 13.5. The number of benzene rings is 3. The van der Waals surface area contributed by atoms with Crippen LogP contribution in [0, 0.1) is 0 Å². The lowest BCUT2D eigenvalue weighted by molar-refractivity contribution is 0.0251. The number of carbonyl (C=O) groups is 1. The highest BCUT2D eigenvalue weighted by molar-refractivity contribution is 5.97. The molecule has 0 saturated carbocycles. The molecule has 3 aromatic carbocycles. The van der Waals surface area contributed by atoms with Gasteiger partial charge in [-0.3, -0.25) is 0 Å². The molecule has 0 aliphatic carbocycles. The van der Waals surface area contributed by atoms with Crippen LogP contribution in [0.4, 0.5) is 17.1 Å². The van der Waals surface area contributed by atoms with E-state index in [9.17, 15) is 4.79 Å². The van der Waals surface area contributed by atoms with Gasteiger partial charge in [0.1, 0.15) is 0 Å². The predicted octanol–water partition coefficient (Wildman–Crippen LogP) is 6.69. The van der Waals surface area contributed by atoms with Crippen molar-refractivity contribution in [3.8, 4) is 0 Å². The fourth-order valence-electron chi connectivity index (χ4n) is 5.10. The summed E-state index contributed by atoms with van der Waals surface area (Å²) in [5.74, 6) is -0.285. The van der Waals surface area contributed by atoms with Crippen molar-refractivity contribution in [1.29, 1.82) is 0 Å². The zero-order valence-corrected chi connectivity index (χ0v) is 23.3. The van der Waals surface area contributed by atoms with Crippen LogP contribution >= 0.6 is 0 Å². The van der Waals surface area contributed by atoms with E-state index in [0.29, 0.717) is 5.56 Å². The van der Waals surface area contributed by atoms with Crippen LogP contribution < -0.4 is 14.7 Å². The Morgan fingerprint density at radius 3 is 1.65 bits per heavy atom. The molecule has 0 fully saturated rings. The molecular formula is C32H41N3O2. The van der Waals surface area contributed by atoms with Gasteiger partial charge in [0.2, 0.25) is 0 Å². The van der Waals surface area contributed by atoms with Crippen molar-refractivity contribution >= 4 is 23.0 Å². The number of esters is 1. The summed E-state index contributed by atoms with van der Waals surface area (Å²) in [4.78, 5) is 19.9. The molecule has 1 atom stereocenters. The lowest BCUT2D eigenvalue weighted by atomic mass is 9.79. The van der Waals surface area contributed by atoms with Crippen LogP contribution in [0.5, 0.6) is 0 Å². The summed E-state index contributed by atoms with van der Waals surface area (Å²) in [7, 11) is 8.02. The molecule has 5 nitrogen and oxygen atoms in total. The van der Waals surface area contributed by atoms with Gasteiger partial charge in [-0.25, -0.2) is 4.79 Å². The number of hydrogen-bond donors (Lipinski definition) is 0. The molecule has 196 valence electrons. The topological polar surface area (TPSA) is 36.0 Å². The molecule has 0 amide bonds. The molecule has 0 spiro atoms. The molecule has 37 heavy (non-hydrogen) atoms. The van der Waals surface area contributed by atoms with Crippen molar-refractivity contribution in [3.05, 3.63) is 89.0 Å². The van der Waals surface area contributed by atoms with E-state index in [2.05, 4.69) is 84.3 Å². The molecule has 3 aromatic rings. The molecule has 1 aliphatic rings. The highest BCUT2D eigenvalue weighted by Gasteiger charge is 2.48. The Kier molecular flexibility index (Phi) is 8.11. The van der Waals surface area contributed by atoms with Crippen molar-refractivity contribution in [2.75, 3.05) is 56.0 Å². The fourth-order valence-corrected chi connectivity index (χ4v) is 5.10. The Balaban J connectivity index is 1.83. The smallest absolute Gasteiger partial charge is 0.340 e. The number of carbonyl (C=O) groups excluding carboxylic acids is 1. The molecule has 0 bridgehead atoms. The maximum Gasteiger partial charge on any atom is 0.340 e. The van der Waals surface area contributed by atoms with E-state index in [1.54, 1.807) is 0 Å². The maximum absolute atomic E-state index is 13.3. The van der Waals surface area contributed by atoms with Gasteiger partial charge in [-0.05, 0) is 49.2 Å². The van der Waals surface area contributed by atoms with E-state index in [0.717, 1.165) is 41.2 Å². The van der Waals surface area contributed by atoms with E-state index >= 15 is 0 Å². The highest BCUT2D eigenvalue weighted by Crippen LogP contribution is 2.48. The van der Waals surface area contributed by atoms with Crippen molar-refractivity contribution < 1.29 is 9.53 Å². The Morgan fingerprint density at radius 2 is 1.16 bits per heavy atom. The van der Waals surface area contributed by atoms with Crippen LogP contribution in [0.15, 0.2) is 66.7 Å². The lowest BCUT2D eigenvalue weighted by Gasteiger charge is -2.32. The Hall–Kier alpha value is -3.47. The second kappa shape index (κ2) is 11.3. The van der Waals surface area contributed by atoms with Crippen LogP contribution in [-0.2, 0) is 10.3 Å². The van der Waals surface area contributed by atoms with Gasteiger partial charge < -0.3 is 19.4 Å².